The highest BCUT2D eigenvalue weighted by Crippen LogP contribution is 2.30. The van der Waals surface area contributed by atoms with Gasteiger partial charge in [0, 0.05) is 18.5 Å². The molecule has 5 heteroatoms. The van der Waals surface area contributed by atoms with E-state index < -0.39 is 0 Å². The Morgan fingerprint density at radius 2 is 2.10 bits per heavy atom. The van der Waals surface area contributed by atoms with Crippen LogP contribution in [0.2, 0.25) is 0 Å². The van der Waals surface area contributed by atoms with E-state index in [2.05, 4.69) is 34.3 Å². The summed E-state index contributed by atoms with van der Waals surface area (Å²) in [6.07, 6.45) is 7.58. The minimum absolute atomic E-state index is 0.564. The van der Waals surface area contributed by atoms with E-state index in [1.807, 2.05) is 6.07 Å². The highest BCUT2D eigenvalue weighted by Gasteiger charge is 2.17. The number of aromatic amines is 1. The van der Waals surface area contributed by atoms with Crippen LogP contribution in [0.5, 0.6) is 0 Å². The Morgan fingerprint density at radius 1 is 1.35 bits per heavy atom. The quantitative estimate of drug-likeness (QED) is 0.622. The third-order valence-corrected chi connectivity index (χ3v) is 4.06. The zero-order chi connectivity index (χ0) is 14.4. The maximum atomic E-state index is 5.30. The van der Waals surface area contributed by atoms with Crippen molar-refractivity contribution in [1.29, 1.82) is 0 Å². The summed E-state index contributed by atoms with van der Waals surface area (Å²) in [6.45, 7) is 2.05. The second-order valence-electron chi connectivity index (χ2n) is 5.94. The first-order chi connectivity index (χ1) is 9.65. The molecule has 0 spiro atoms. The Hall–Kier alpha value is -0.940. The van der Waals surface area contributed by atoms with E-state index in [9.17, 15) is 0 Å². The van der Waals surface area contributed by atoms with Crippen LogP contribution in [-0.4, -0.2) is 42.1 Å². The fourth-order valence-electron chi connectivity index (χ4n) is 2.76. The van der Waals surface area contributed by atoms with Gasteiger partial charge in [-0.3, -0.25) is 0 Å². The first-order valence-electron chi connectivity index (χ1n) is 7.65. The van der Waals surface area contributed by atoms with Gasteiger partial charge in [0.25, 0.3) is 0 Å². The van der Waals surface area contributed by atoms with Crippen LogP contribution in [0.3, 0.4) is 0 Å². The van der Waals surface area contributed by atoms with Crippen molar-refractivity contribution < 1.29 is 0 Å². The number of anilines is 1. The first kappa shape index (κ1) is 15.4. The number of rotatable bonds is 6. The number of aromatic nitrogens is 2. The molecular formula is C15H26N4S. The molecule has 112 valence electrons. The van der Waals surface area contributed by atoms with Crippen LogP contribution in [0.15, 0.2) is 6.07 Å². The zero-order valence-corrected chi connectivity index (χ0v) is 13.4. The Bertz CT molecular complexity index is 463. The standard InChI is InChI=1S/C15H26N4S/c1-19(2)10-6-9-16-13-11-14(20)18-15(17-13)12-7-4-3-5-8-12/h11-12H,3-10H2,1-2H3,(H2,16,17,18,20). The van der Waals surface area contributed by atoms with E-state index in [1.54, 1.807) is 0 Å². The Morgan fingerprint density at radius 3 is 2.80 bits per heavy atom. The average molecular weight is 294 g/mol. The summed E-state index contributed by atoms with van der Waals surface area (Å²) in [4.78, 5) is 10.2. The molecule has 4 nitrogen and oxygen atoms in total. The van der Waals surface area contributed by atoms with Crippen LogP contribution in [0.25, 0.3) is 0 Å². The van der Waals surface area contributed by atoms with Crippen molar-refractivity contribution in [2.24, 2.45) is 0 Å². The van der Waals surface area contributed by atoms with Gasteiger partial charge < -0.3 is 15.2 Å². The van der Waals surface area contributed by atoms with Gasteiger partial charge in [-0.25, -0.2) is 4.98 Å². The third-order valence-electron chi connectivity index (χ3n) is 3.85. The molecule has 0 atom stereocenters. The summed E-state index contributed by atoms with van der Waals surface area (Å²) < 4.78 is 0.694. The fourth-order valence-corrected chi connectivity index (χ4v) is 2.98. The van der Waals surface area contributed by atoms with Crippen molar-refractivity contribution in [3.63, 3.8) is 0 Å². The average Bonchev–Trinajstić information content (AvgIpc) is 2.44. The van der Waals surface area contributed by atoms with E-state index in [0.717, 1.165) is 31.2 Å². The topological polar surface area (TPSA) is 44.0 Å². The molecule has 0 bridgehead atoms. The Balaban J connectivity index is 1.95. The molecule has 0 amide bonds. The molecule has 20 heavy (non-hydrogen) atoms. The molecule has 1 aromatic rings. The van der Waals surface area contributed by atoms with Gasteiger partial charge in [0.15, 0.2) is 0 Å². The van der Waals surface area contributed by atoms with E-state index >= 15 is 0 Å². The van der Waals surface area contributed by atoms with Crippen LogP contribution < -0.4 is 5.32 Å². The molecule has 0 saturated heterocycles. The predicted molar refractivity (Wildman–Crippen MR) is 86.9 cm³/mol. The molecule has 1 aromatic heterocycles. The summed E-state index contributed by atoms with van der Waals surface area (Å²) in [7, 11) is 4.20. The monoisotopic (exact) mass is 294 g/mol. The smallest absolute Gasteiger partial charge is 0.131 e. The minimum atomic E-state index is 0.564. The van der Waals surface area contributed by atoms with Crippen molar-refractivity contribution in [3.8, 4) is 0 Å². The van der Waals surface area contributed by atoms with Crippen LogP contribution >= 0.6 is 12.2 Å². The molecule has 0 aliphatic heterocycles. The van der Waals surface area contributed by atoms with Gasteiger partial charge in [0.2, 0.25) is 0 Å². The van der Waals surface area contributed by atoms with Crippen molar-refractivity contribution in [3.05, 3.63) is 16.5 Å². The molecule has 2 rings (SSSR count). The molecule has 1 aliphatic rings. The van der Waals surface area contributed by atoms with Gasteiger partial charge in [-0.1, -0.05) is 31.5 Å². The highest BCUT2D eigenvalue weighted by atomic mass is 32.1. The summed E-state index contributed by atoms with van der Waals surface area (Å²) in [6, 6.07) is 1.93. The second kappa shape index (κ2) is 7.74. The minimum Gasteiger partial charge on any atom is -0.371 e. The van der Waals surface area contributed by atoms with E-state index in [-0.39, 0.29) is 0 Å². The lowest BCUT2D eigenvalue weighted by molar-refractivity contribution is 0.405. The van der Waals surface area contributed by atoms with Gasteiger partial charge in [-0.15, -0.1) is 0 Å². The van der Waals surface area contributed by atoms with Crippen LogP contribution in [0, 0.1) is 4.64 Å². The van der Waals surface area contributed by atoms with E-state index in [1.165, 1.54) is 32.1 Å². The van der Waals surface area contributed by atoms with Crippen LogP contribution in [-0.2, 0) is 0 Å². The molecule has 1 fully saturated rings. The van der Waals surface area contributed by atoms with Crippen molar-refractivity contribution >= 4 is 18.0 Å². The maximum absolute atomic E-state index is 5.30. The highest BCUT2D eigenvalue weighted by molar-refractivity contribution is 7.71. The summed E-state index contributed by atoms with van der Waals surface area (Å²) >= 11 is 5.30. The normalized spacial score (nSPS) is 16.6. The molecule has 1 saturated carbocycles. The number of hydrogen-bond donors (Lipinski definition) is 2. The number of hydrogen-bond acceptors (Lipinski definition) is 4. The molecular weight excluding hydrogens is 268 g/mol. The number of nitrogens with one attached hydrogen (secondary N) is 2. The molecule has 0 unspecified atom stereocenters. The van der Waals surface area contributed by atoms with Gasteiger partial charge >= 0.3 is 0 Å². The lowest BCUT2D eigenvalue weighted by atomic mass is 9.89. The summed E-state index contributed by atoms with van der Waals surface area (Å²) in [5.41, 5.74) is 0. The van der Waals surface area contributed by atoms with Crippen molar-refractivity contribution in [1.82, 2.24) is 14.9 Å². The Kier molecular flexibility index (Phi) is 5.98. The van der Waals surface area contributed by atoms with Gasteiger partial charge in [-0.2, -0.15) is 0 Å². The fraction of sp³-hybridized carbons (Fsp3) is 0.733. The lowest BCUT2D eigenvalue weighted by Crippen LogP contribution is -2.17. The molecule has 0 radical (unpaired) electrons. The lowest BCUT2D eigenvalue weighted by Gasteiger charge is -2.21. The van der Waals surface area contributed by atoms with Gasteiger partial charge in [0.05, 0.1) is 0 Å². The van der Waals surface area contributed by atoms with Crippen molar-refractivity contribution in [2.75, 3.05) is 32.5 Å². The molecule has 1 heterocycles. The molecule has 2 N–H and O–H groups in total. The zero-order valence-electron chi connectivity index (χ0n) is 12.6. The van der Waals surface area contributed by atoms with Crippen molar-refractivity contribution in [2.45, 2.75) is 44.4 Å². The van der Waals surface area contributed by atoms with Crippen LogP contribution in [0.4, 0.5) is 5.82 Å². The number of nitrogens with zero attached hydrogens (tertiary/aromatic N) is 2. The predicted octanol–water partition coefficient (Wildman–Crippen LogP) is 3.55. The Labute approximate surface area is 127 Å². The van der Waals surface area contributed by atoms with Gasteiger partial charge in [0.1, 0.15) is 16.3 Å². The SMILES string of the molecule is CN(C)CCCNc1cc(=S)nc(C2CCCCC2)[nH]1. The van der Waals surface area contributed by atoms with Gasteiger partial charge in [-0.05, 0) is 39.9 Å². The second-order valence-corrected chi connectivity index (χ2v) is 6.36. The summed E-state index contributed by atoms with van der Waals surface area (Å²) in [5, 5.41) is 3.43. The summed E-state index contributed by atoms with van der Waals surface area (Å²) in [5.74, 6) is 2.66. The largest absolute Gasteiger partial charge is 0.371 e. The van der Waals surface area contributed by atoms with Crippen LogP contribution in [0.1, 0.15) is 50.3 Å². The molecule has 0 aromatic carbocycles. The third kappa shape index (κ3) is 4.87. The van der Waals surface area contributed by atoms with E-state index in [4.69, 9.17) is 12.2 Å². The number of H-pyrrole nitrogens is 1. The molecule has 1 aliphatic carbocycles. The van der Waals surface area contributed by atoms with E-state index in [0.29, 0.717) is 10.6 Å². The first-order valence-corrected chi connectivity index (χ1v) is 8.06. The maximum Gasteiger partial charge on any atom is 0.131 e.